The monoisotopic (exact) mass is 272 g/mol. The summed E-state index contributed by atoms with van der Waals surface area (Å²) in [6, 6.07) is 4.26. The summed E-state index contributed by atoms with van der Waals surface area (Å²) < 4.78 is 4.78. The minimum absolute atomic E-state index is 0.0438. The highest BCUT2D eigenvalue weighted by molar-refractivity contribution is 6.09. The van der Waals surface area contributed by atoms with Crippen LogP contribution in [0.5, 0.6) is 0 Å². The van der Waals surface area contributed by atoms with E-state index in [9.17, 15) is 9.59 Å². The topological polar surface area (TPSA) is 43.4 Å². The molecule has 1 unspecified atom stereocenters. The van der Waals surface area contributed by atoms with Crippen LogP contribution in [0.25, 0.3) is 0 Å². The molecule has 0 aliphatic heterocycles. The number of hydrogen-bond donors (Lipinski definition) is 0. The Balaban J connectivity index is 2.02. The Labute approximate surface area is 119 Å². The number of methoxy groups -OCH3 is 1. The number of ether oxygens (including phenoxy) is 1. The molecule has 0 fully saturated rings. The molecule has 3 heteroatoms. The molecule has 0 amide bonds. The van der Waals surface area contributed by atoms with E-state index in [0.29, 0.717) is 6.42 Å². The number of carbonyl (C=O) groups is 2. The fraction of sp³-hybridized carbons (Fsp3) is 0.529. The van der Waals surface area contributed by atoms with Gasteiger partial charge in [0.2, 0.25) is 0 Å². The lowest BCUT2D eigenvalue weighted by molar-refractivity contribution is -0.143. The fourth-order valence-corrected chi connectivity index (χ4v) is 3.46. The molecule has 0 heterocycles. The van der Waals surface area contributed by atoms with E-state index in [1.54, 1.807) is 0 Å². The van der Waals surface area contributed by atoms with Crippen LogP contribution in [-0.2, 0) is 28.8 Å². The van der Waals surface area contributed by atoms with Gasteiger partial charge in [-0.3, -0.25) is 9.59 Å². The summed E-state index contributed by atoms with van der Waals surface area (Å²) in [5.41, 5.74) is 4.59. The van der Waals surface area contributed by atoms with Gasteiger partial charge in [-0.25, -0.2) is 0 Å². The maximum absolute atomic E-state index is 12.6. The van der Waals surface area contributed by atoms with Crippen molar-refractivity contribution in [2.24, 2.45) is 5.92 Å². The zero-order chi connectivity index (χ0) is 14.1. The third-order valence-corrected chi connectivity index (χ3v) is 4.57. The van der Waals surface area contributed by atoms with Crippen molar-refractivity contribution in [2.45, 2.75) is 44.9 Å². The number of carbonyl (C=O) groups excluding carboxylic acids is 2. The van der Waals surface area contributed by atoms with Crippen LogP contribution in [0.1, 0.15) is 52.7 Å². The summed E-state index contributed by atoms with van der Waals surface area (Å²) in [4.78, 5) is 24.4. The molecular weight excluding hydrogens is 252 g/mol. The summed E-state index contributed by atoms with van der Waals surface area (Å²) in [6.07, 6.45) is 6.98. The molecule has 1 atom stereocenters. The van der Waals surface area contributed by atoms with Gasteiger partial charge in [0.05, 0.1) is 7.11 Å². The number of benzene rings is 1. The van der Waals surface area contributed by atoms with Crippen molar-refractivity contribution in [3.63, 3.8) is 0 Å². The van der Waals surface area contributed by atoms with Gasteiger partial charge in [-0.15, -0.1) is 0 Å². The van der Waals surface area contributed by atoms with Gasteiger partial charge in [-0.1, -0.05) is 6.07 Å². The largest absolute Gasteiger partial charge is 0.468 e. The van der Waals surface area contributed by atoms with Crippen molar-refractivity contribution in [3.8, 4) is 0 Å². The lowest BCUT2D eigenvalue weighted by Gasteiger charge is -2.19. The fourth-order valence-electron chi connectivity index (χ4n) is 3.46. The number of aryl methyl sites for hydroxylation is 3. The van der Waals surface area contributed by atoms with E-state index >= 15 is 0 Å². The van der Waals surface area contributed by atoms with Crippen LogP contribution in [0.15, 0.2) is 12.1 Å². The first-order chi connectivity index (χ1) is 9.70. The standard InChI is InChI=1S/C17H20O3/c1-20-17(19)14-8-4-7-13-9-11-5-2-3-6-12(11)10-15(13)16(14)18/h9-10,14H,2-8H2,1H3. The molecule has 2 aliphatic rings. The number of hydrogen-bond acceptors (Lipinski definition) is 3. The molecule has 20 heavy (non-hydrogen) atoms. The Hall–Kier alpha value is -1.64. The maximum atomic E-state index is 12.6. The summed E-state index contributed by atoms with van der Waals surface area (Å²) in [7, 11) is 1.36. The van der Waals surface area contributed by atoms with E-state index in [4.69, 9.17) is 4.74 Å². The minimum atomic E-state index is -0.608. The van der Waals surface area contributed by atoms with Crippen LogP contribution in [0, 0.1) is 5.92 Å². The molecule has 0 radical (unpaired) electrons. The van der Waals surface area contributed by atoms with E-state index in [2.05, 4.69) is 6.07 Å². The highest BCUT2D eigenvalue weighted by Gasteiger charge is 2.32. The zero-order valence-electron chi connectivity index (χ0n) is 11.9. The van der Waals surface area contributed by atoms with E-state index in [1.807, 2.05) is 6.07 Å². The number of esters is 1. The first-order valence-corrected chi connectivity index (χ1v) is 7.47. The van der Waals surface area contributed by atoms with Crippen LogP contribution in [0.3, 0.4) is 0 Å². The van der Waals surface area contributed by atoms with Crippen LogP contribution >= 0.6 is 0 Å². The molecule has 0 bridgehead atoms. The second kappa shape index (κ2) is 5.39. The van der Waals surface area contributed by atoms with Gasteiger partial charge in [0, 0.05) is 5.56 Å². The lowest BCUT2D eigenvalue weighted by Crippen LogP contribution is -2.25. The van der Waals surface area contributed by atoms with Crippen molar-refractivity contribution in [2.75, 3.05) is 7.11 Å². The molecule has 1 aromatic rings. The third-order valence-electron chi connectivity index (χ3n) is 4.57. The van der Waals surface area contributed by atoms with Gasteiger partial charge < -0.3 is 4.74 Å². The third kappa shape index (κ3) is 2.26. The van der Waals surface area contributed by atoms with Crippen molar-refractivity contribution < 1.29 is 14.3 Å². The molecule has 106 valence electrons. The Morgan fingerprint density at radius 1 is 1.05 bits per heavy atom. The molecular formula is C17H20O3. The highest BCUT2D eigenvalue weighted by Crippen LogP contribution is 2.31. The van der Waals surface area contributed by atoms with Crippen molar-refractivity contribution in [3.05, 3.63) is 34.4 Å². The van der Waals surface area contributed by atoms with Crippen molar-refractivity contribution in [1.29, 1.82) is 0 Å². The van der Waals surface area contributed by atoms with Crippen LogP contribution in [0.4, 0.5) is 0 Å². The van der Waals surface area contributed by atoms with E-state index < -0.39 is 5.92 Å². The quantitative estimate of drug-likeness (QED) is 0.448. The molecule has 3 nitrogen and oxygen atoms in total. The van der Waals surface area contributed by atoms with Gasteiger partial charge in [-0.2, -0.15) is 0 Å². The van der Waals surface area contributed by atoms with Crippen LogP contribution in [0.2, 0.25) is 0 Å². The van der Waals surface area contributed by atoms with Gasteiger partial charge in [0.15, 0.2) is 5.78 Å². The molecule has 0 saturated heterocycles. The Morgan fingerprint density at radius 3 is 2.40 bits per heavy atom. The van der Waals surface area contributed by atoms with E-state index in [1.165, 1.54) is 31.1 Å². The number of fused-ring (bicyclic) bond motifs is 2. The lowest BCUT2D eigenvalue weighted by atomic mass is 9.86. The average molecular weight is 272 g/mol. The smallest absolute Gasteiger partial charge is 0.316 e. The van der Waals surface area contributed by atoms with Gasteiger partial charge in [0.25, 0.3) is 0 Å². The molecule has 0 N–H and O–H groups in total. The van der Waals surface area contributed by atoms with Crippen LogP contribution in [-0.4, -0.2) is 18.9 Å². The summed E-state index contributed by atoms with van der Waals surface area (Å²) in [5.74, 6) is -1.04. The zero-order valence-corrected chi connectivity index (χ0v) is 11.9. The predicted octanol–water partition coefficient (Wildman–Crippen LogP) is 2.87. The summed E-state index contributed by atoms with van der Waals surface area (Å²) >= 11 is 0. The summed E-state index contributed by atoms with van der Waals surface area (Å²) in [6.45, 7) is 0. The molecule has 2 aliphatic carbocycles. The SMILES string of the molecule is COC(=O)C1CCCc2cc3c(cc2C1=O)CCCC3. The predicted molar refractivity (Wildman–Crippen MR) is 75.9 cm³/mol. The minimum Gasteiger partial charge on any atom is -0.468 e. The van der Waals surface area contributed by atoms with Gasteiger partial charge in [-0.05, 0) is 67.7 Å². The van der Waals surface area contributed by atoms with Crippen molar-refractivity contribution in [1.82, 2.24) is 0 Å². The van der Waals surface area contributed by atoms with Gasteiger partial charge in [0.1, 0.15) is 5.92 Å². The Bertz CT molecular complexity index is 560. The molecule has 0 spiro atoms. The van der Waals surface area contributed by atoms with Crippen molar-refractivity contribution >= 4 is 11.8 Å². The Morgan fingerprint density at radius 2 is 1.70 bits per heavy atom. The summed E-state index contributed by atoms with van der Waals surface area (Å²) in [5, 5.41) is 0. The second-order valence-electron chi connectivity index (χ2n) is 5.82. The van der Waals surface area contributed by atoms with Crippen LogP contribution < -0.4 is 0 Å². The number of ketones is 1. The van der Waals surface area contributed by atoms with E-state index in [-0.39, 0.29) is 11.8 Å². The second-order valence-corrected chi connectivity index (χ2v) is 5.82. The Kier molecular flexibility index (Phi) is 3.60. The normalized spacial score (nSPS) is 21.6. The number of rotatable bonds is 1. The molecule has 1 aromatic carbocycles. The molecule has 0 saturated carbocycles. The average Bonchev–Trinajstić information content (AvgIpc) is 2.64. The van der Waals surface area contributed by atoms with E-state index in [0.717, 1.165) is 36.8 Å². The highest BCUT2D eigenvalue weighted by atomic mass is 16.5. The molecule has 3 rings (SSSR count). The molecule has 0 aromatic heterocycles. The maximum Gasteiger partial charge on any atom is 0.316 e. The first kappa shape index (κ1) is 13.3. The van der Waals surface area contributed by atoms with Gasteiger partial charge >= 0.3 is 5.97 Å². The number of Topliss-reactive ketones (excluding diaryl/α,β-unsaturated/α-hetero) is 1. The first-order valence-electron chi connectivity index (χ1n) is 7.47.